The highest BCUT2D eigenvalue weighted by atomic mass is 19.3. The second-order valence-corrected chi connectivity index (χ2v) is 4.52. The minimum atomic E-state index is -3.02. The molecule has 1 aliphatic rings. The number of alkyl halides is 2. The summed E-state index contributed by atoms with van der Waals surface area (Å²) in [7, 11) is 0. The smallest absolute Gasteiger partial charge is 0.280 e. The van der Waals surface area contributed by atoms with Crippen molar-refractivity contribution in [3.8, 4) is 0 Å². The van der Waals surface area contributed by atoms with E-state index in [1.165, 1.54) is 0 Å². The lowest BCUT2D eigenvalue weighted by molar-refractivity contribution is -0.114. The van der Waals surface area contributed by atoms with Crippen LogP contribution in [-0.2, 0) is 5.41 Å². The van der Waals surface area contributed by atoms with E-state index in [0.717, 1.165) is 12.8 Å². The summed E-state index contributed by atoms with van der Waals surface area (Å²) in [5.74, 6) is -3.02. The van der Waals surface area contributed by atoms with Crippen molar-refractivity contribution in [1.29, 1.82) is 0 Å². The third-order valence-electron chi connectivity index (χ3n) is 3.68. The molecular weight excluding hydrogens is 210 g/mol. The number of aliphatic hydroxyl groups is 1. The number of halogens is 2. The van der Waals surface area contributed by atoms with Gasteiger partial charge in [0.25, 0.3) is 5.92 Å². The molecule has 0 aliphatic heterocycles. The van der Waals surface area contributed by atoms with Crippen LogP contribution in [0.15, 0.2) is 30.3 Å². The zero-order valence-corrected chi connectivity index (χ0v) is 9.13. The van der Waals surface area contributed by atoms with Crippen LogP contribution in [0.1, 0.15) is 31.2 Å². The Morgan fingerprint density at radius 3 is 2.19 bits per heavy atom. The molecular formula is C13H16F2O. The summed E-state index contributed by atoms with van der Waals surface area (Å²) >= 11 is 0. The Morgan fingerprint density at radius 2 is 1.69 bits per heavy atom. The van der Waals surface area contributed by atoms with E-state index in [-0.39, 0.29) is 0 Å². The Balaban J connectivity index is 2.44. The Hall–Kier alpha value is -0.960. The van der Waals surface area contributed by atoms with Gasteiger partial charge in [0.1, 0.15) is 6.61 Å². The van der Waals surface area contributed by atoms with Crippen LogP contribution >= 0.6 is 0 Å². The summed E-state index contributed by atoms with van der Waals surface area (Å²) in [6, 6.07) is 8.87. The van der Waals surface area contributed by atoms with Gasteiger partial charge in [0.05, 0.1) is 5.41 Å². The Bertz CT molecular complexity index is 342. The van der Waals surface area contributed by atoms with Gasteiger partial charge in [-0.25, -0.2) is 8.78 Å². The van der Waals surface area contributed by atoms with E-state index in [0.29, 0.717) is 18.4 Å². The van der Waals surface area contributed by atoms with Gasteiger partial charge in [-0.05, 0) is 18.4 Å². The molecule has 0 unspecified atom stereocenters. The molecule has 1 fully saturated rings. The van der Waals surface area contributed by atoms with E-state index >= 15 is 0 Å². The lowest BCUT2D eigenvalue weighted by Gasteiger charge is -2.36. The van der Waals surface area contributed by atoms with Gasteiger partial charge in [0, 0.05) is 0 Å². The minimum Gasteiger partial charge on any atom is -0.390 e. The largest absolute Gasteiger partial charge is 0.390 e. The van der Waals surface area contributed by atoms with E-state index in [2.05, 4.69) is 0 Å². The fourth-order valence-corrected chi connectivity index (χ4v) is 2.75. The van der Waals surface area contributed by atoms with Crippen LogP contribution in [0, 0.1) is 0 Å². The van der Waals surface area contributed by atoms with Crippen LogP contribution in [0.25, 0.3) is 0 Å². The molecule has 3 heteroatoms. The van der Waals surface area contributed by atoms with E-state index in [4.69, 9.17) is 5.11 Å². The Labute approximate surface area is 94.1 Å². The van der Waals surface area contributed by atoms with Crippen LogP contribution < -0.4 is 0 Å². The number of aliphatic hydroxyl groups excluding tert-OH is 1. The average molecular weight is 226 g/mol. The molecule has 0 bridgehead atoms. The van der Waals surface area contributed by atoms with Crippen LogP contribution in [0.5, 0.6) is 0 Å². The highest BCUT2D eigenvalue weighted by Crippen LogP contribution is 2.51. The third-order valence-corrected chi connectivity index (χ3v) is 3.68. The molecule has 2 rings (SSSR count). The highest BCUT2D eigenvalue weighted by molar-refractivity contribution is 5.30. The quantitative estimate of drug-likeness (QED) is 0.839. The first kappa shape index (κ1) is 11.5. The summed E-state index contributed by atoms with van der Waals surface area (Å²) in [5, 5.41) is 8.93. The van der Waals surface area contributed by atoms with Gasteiger partial charge in [-0.3, -0.25) is 0 Å². The van der Waals surface area contributed by atoms with Crippen molar-refractivity contribution in [1.82, 2.24) is 0 Å². The minimum absolute atomic E-state index is 0.463. The molecule has 0 heterocycles. The van der Waals surface area contributed by atoms with Crippen LogP contribution in [0.4, 0.5) is 8.78 Å². The van der Waals surface area contributed by atoms with Crippen molar-refractivity contribution >= 4 is 0 Å². The summed E-state index contributed by atoms with van der Waals surface area (Å²) in [6.45, 7) is -1.07. The molecule has 0 spiro atoms. The van der Waals surface area contributed by atoms with Gasteiger partial charge in [0.15, 0.2) is 0 Å². The van der Waals surface area contributed by atoms with Gasteiger partial charge in [0.2, 0.25) is 0 Å². The molecule has 1 N–H and O–H groups in total. The van der Waals surface area contributed by atoms with Crippen LogP contribution in [0.3, 0.4) is 0 Å². The first-order chi connectivity index (χ1) is 7.62. The maximum absolute atomic E-state index is 13.9. The number of benzene rings is 1. The third kappa shape index (κ3) is 1.63. The van der Waals surface area contributed by atoms with Crippen molar-refractivity contribution in [2.45, 2.75) is 37.0 Å². The zero-order valence-electron chi connectivity index (χ0n) is 9.13. The first-order valence-electron chi connectivity index (χ1n) is 5.67. The first-order valence-corrected chi connectivity index (χ1v) is 5.67. The summed E-state index contributed by atoms with van der Waals surface area (Å²) in [4.78, 5) is 0. The molecule has 1 aromatic rings. The molecule has 0 amide bonds. The van der Waals surface area contributed by atoms with Gasteiger partial charge in [-0.2, -0.15) is 0 Å². The fourth-order valence-electron chi connectivity index (χ4n) is 2.75. The summed E-state index contributed by atoms with van der Waals surface area (Å²) in [6.07, 6.45) is 2.55. The number of hydrogen-bond acceptors (Lipinski definition) is 1. The van der Waals surface area contributed by atoms with Crippen LogP contribution in [-0.4, -0.2) is 17.6 Å². The van der Waals surface area contributed by atoms with E-state index in [1.54, 1.807) is 24.3 Å². The van der Waals surface area contributed by atoms with E-state index < -0.39 is 17.9 Å². The lowest BCUT2D eigenvalue weighted by Crippen LogP contribution is -2.46. The molecule has 0 atom stereocenters. The Morgan fingerprint density at radius 1 is 1.12 bits per heavy atom. The van der Waals surface area contributed by atoms with Gasteiger partial charge in [-0.15, -0.1) is 0 Å². The Kier molecular flexibility index (Phi) is 2.98. The number of rotatable bonds is 3. The van der Waals surface area contributed by atoms with Crippen LogP contribution in [0.2, 0.25) is 0 Å². The van der Waals surface area contributed by atoms with Gasteiger partial charge < -0.3 is 5.11 Å². The molecule has 0 aromatic heterocycles. The van der Waals surface area contributed by atoms with Gasteiger partial charge in [-0.1, -0.05) is 43.2 Å². The maximum Gasteiger partial charge on any atom is 0.280 e. The average Bonchev–Trinajstić information content (AvgIpc) is 2.81. The molecule has 0 saturated heterocycles. The molecule has 88 valence electrons. The normalized spacial score (nSPS) is 19.9. The molecule has 16 heavy (non-hydrogen) atoms. The topological polar surface area (TPSA) is 20.2 Å². The van der Waals surface area contributed by atoms with Crippen molar-refractivity contribution < 1.29 is 13.9 Å². The maximum atomic E-state index is 13.9. The summed E-state index contributed by atoms with van der Waals surface area (Å²) in [5.41, 5.74) is -0.491. The SMILES string of the molecule is OCC(F)(F)C1(c2ccccc2)CCCC1. The van der Waals surface area contributed by atoms with E-state index in [1.807, 2.05) is 6.07 Å². The molecule has 0 radical (unpaired) electrons. The van der Waals surface area contributed by atoms with Crippen molar-refractivity contribution in [2.75, 3.05) is 6.61 Å². The van der Waals surface area contributed by atoms with Crippen molar-refractivity contribution in [3.05, 3.63) is 35.9 Å². The predicted molar refractivity (Wildman–Crippen MR) is 58.6 cm³/mol. The lowest BCUT2D eigenvalue weighted by atomic mass is 9.73. The second-order valence-electron chi connectivity index (χ2n) is 4.52. The van der Waals surface area contributed by atoms with E-state index in [9.17, 15) is 8.78 Å². The highest BCUT2D eigenvalue weighted by Gasteiger charge is 2.55. The summed E-state index contributed by atoms with van der Waals surface area (Å²) < 4.78 is 27.9. The standard InChI is InChI=1S/C13H16F2O/c14-13(15,10-16)12(8-4-5-9-12)11-6-2-1-3-7-11/h1-3,6-7,16H,4-5,8-10H2. The van der Waals surface area contributed by atoms with Gasteiger partial charge >= 0.3 is 0 Å². The molecule has 1 saturated carbocycles. The van der Waals surface area contributed by atoms with Crippen molar-refractivity contribution in [2.24, 2.45) is 0 Å². The predicted octanol–water partition coefficient (Wildman–Crippen LogP) is 3.13. The fraction of sp³-hybridized carbons (Fsp3) is 0.538. The number of hydrogen-bond donors (Lipinski definition) is 1. The van der Waals surface area contributed by atoms with Crippen molar-refractivity contribution in [3.63, 3.8) is 0 Å². The molecule has 1 nitrogen and oxygen atoms in total. The molecule has 1 aliphatic carbocycles. The monoisotopic (exact) mass is 226 g/mol. The second kappa shape index (κ2) is 4.13. The zero-order chi connectivity index (χ0) is 11.6. The molecule has 1 aromatic carbocycles.